The van der Waals surface area contributed by atoms with Crippen molar-refractivity contribution in [3.8, 4) is 0 Å². The van der Waals surface area contributed by atoms with E-state index in [-0.39, 0.29) is 0 Å². The lowest BCUT2D eigenvalue weighted by atomic mass is 9.68. The summed E-state index contributed by atoms with van der Waals surface area (Å²) in [5.41, 5.74) is 2.02. The van der Waals surface area contributed by atoms with Crippen LogP contribution >= 0.6 is 0 Å². The van der Waals surface area contributed by atoms with E-state index in [0.717, 1.165) is 11.8 Å². The summed E-state index contributed by atoms with van der Waals surface area (Å²) in [5, 5.41) is 3.79. The van der Waals surface area contributed by atoms with E-state index in [9.17, 15) is 0 Å². The SMILES string of the molecule is c1ccc(C2CC3(N4CCCC4)CCC2CNC3)cc1. The first-order chi connectivity index (χ1) is 9.87. The van der Waals surface area contributed by atoms with Gasteiger partial charge in [0.05, 0.1) is 0 Å². The number of likely N-dealkylation sites (tertiary alicyclic amines) is 1. The standard InChI is InChI=1S/C18H26N2/c1-2-6-15(7-3-1)17-12-18(20-10-4-5-11-20)9-8-16(17)13-19-14-18/h1-3,6-7,16-17,19H,4-5,8-14H2. The fourth-order valence-electron chi connectivity index (χ4n) is 4.91. The van der Waals surface area contributed by atoms with Crippen molar-refractivity contribution in [2.75, 3.05) is 26.2 Å². The number of nitrogens with zero attached hydrogens (tertiary/aromatic N) is 1. The Bertz CT molecular complexity index is 448. The molecule has 0 aromatic heterocycles. The molecule has 1 aromatic rings. The number of hydrogen-bond acceptors (Lipinski definition) is 2. The second kappa shape index (κ2) is 5.16. The van der Waals surface area contributed by atoms with Gasteiger partial charge in [0.2, 0.25) is 0 Å². The van der Waals surface area contributed by atoms with Crippen molar-refractivity contribution in [2.45, 2.75) is 43.6 Å². The highest BCUT2D eigenvalue weighted by molar-refractivity contribution is 5.24. The van der Waals surface area contributed by atoms with Crippen LogP contribution in [0.25, 0.3) is 0 Å². The largest absolute Gasteiger partial charge is 0.315 e. The van der Waals surface area contributed by atoms with Crippen molar-refractivity contribution in [3.63, 3.8) is 0 Å². The van der Waals surface area contributed by atoms with E-state index in [2.05, 4.69) is 40.5 Å². The van der Waals surface area contributed by atoms with E-state index < -0.39 is 0 Å². The van der Waals surface area contributed by atoms with Crippen LogP contribution in [0.1, 0.15) is 43.6 Å². The molecular formula is C18H26N2. The molecule has 1 N–H and O–H groups in total. The van der Waals surface area contributed by atoms with Crippen molar-refractivity contribution in [3.05, 3.63) is 35.9 Å². The zero-order valence-electron chi connectivity index (χ0n) is 12.4. The van der Waals surface area contributed by atoms with Gasteiger partial charge < -0.3 is 5.32 Å². The molecule has 3 aliphatic heterocycles. The molecule has 1 aliphatic carbocycles. The van der Waals surface area contributed by atoms with E-state index in [1.54, 1.807) is 5.56 Å². The van der Waals surface area contributed by atoms with Gasteiger partial charge in [-0.25, -0.2) is 0 Å². The summed E-state index contributed by atoms with van der Waals surface area (Å²) in [6, 6.07) is 11.3. The third-order valence-electron chi connectivity index (χ3n) is 6.01. The lowest BCUT2D eigenvalue weighted by Crippen LogP contribution is -2.54. The van der Waals surface area contributed by atoms with Gasteiger partial charge in [-0.15, -0.1) is 0 Å². The number of nitrogens with one attached hydrogen (secondary N) is 1. The van der Waals surface area contributed by atoms with Crippen LogP contribution < -0.4 is 5.32 Å². The molecule has 1 saturated carbocycles. The fourth-order valence-corrected chi connectivity index (χ4v) is 4.91. The minimum Gasteiger partial charge on any atom is -0.315 e. The van der Waals surface area contributed by atoms with E-state index >= 15 is 0 Å². The zero-order chi connectivity index (χ0) is 13.4. The van der Waals surface area contributed by atoms with Gasteiger partial charge in [-0.1, -0.05) is 30.3 Å². The van der Waals surface area contributed by atoms with Gasteiger partial charge in [0.1, 0.15) is 0 Å². The highest BCUT2D eigenvalue weighted by atomic mass is 15.2. The monoisotopic (exact) mass is 270 g/mol. The third kappa shape index (κ3) is 2.10. The molecule has 1 aromatic carbocycles. The van der Waals surface area contributed by atoms with Gasteiger partial charge >= 0.3 is 0 Å². The number of hydrogen-bond donors (Lipinski definition) is 1. The minimum absolute atomic E-state index is 0.448. The molecule has 3 unspecified atom stereocenters. The lowest BCUT2D eigenvalue weighted by Gasteiger charge is -2.47. The van der Waals surface area contributed by atoms with E-state index in [1.165, 1.54) is 58.3 Å². The van der Waals surface area contributed by atoms with Crippen LogP contribution in [0.5, 0.6) is 0 Å². The van der Waals surface area contributed by atoms with Crippen molar-refractivity contribution < 1.29 is 0 Å². The Kier molecular flexibility index (Phi) is 3.31. The molecule has 108 valence electrons. The van der Waals surface area contributed by atoms with Crippen LogP contribution in [0.2, 0.25) is 0 Å². The Morgan fingerprint density at radius 1 is 1.10 bits per heavy atom. The summed E-state index contributed by atoms with van der Waals surface area (Å²) in [4.78, 5) is 2.82. The van der Waals surface area contributed by atoms with Crippen molar-refractivity contribution in [1.29, 1.82) is 0 Å². The predicted molar refractivity (Wildman–Crippen MR) is 82.9 cm³/mol. The zero-order valence-corrected chi connectivity index (χ0v) is 12.4. The van der Waals surface area contributed by atoms with Crippen molar-refractivity contribution in [2.24, 2.45) is 5.92 Å². The summed E-state index contributed by atoms with van der Waals surface area (Å²) in [6.07, 6.45) is 6.99. The average Bonchev–Trinajstić information content (AvgIpc) is 2.90. The maximum Gasteiger partial charge on any atom is 0.0340 e. The summed E-state index contributed by atoms with van der Waals surface area (Å²) in [6.45, 7) is 5.09. The lowest BCUT2D eigenvalue weighted by molar-refractivity contribution is 0.0661. The predicted octanol–water partition coefficient (Wildman–Crippen LogP) is 3.01. The molecule has 0 amide bonds. The van der Waals surface area contributed by atoms with E-state index in [1.807, 2.05) is 0 Å². The van der Waals surface area contributed by atoms with Crippen LogP contribution in [0.15, 0.2) is 30.3 Å². The molecule has 4 fully saturated rings. The molecule has 0 radical (unpaired) electrons. The molecule has 4 aliphatic rings. The van der Waals surface area contributed by atoms with Gasteiger partial charge in [-0.2, -0.15) is 0 Å². The summed E-state index contributed by atoms with van der Waals surface area (Å²) < 4.78 is 0. The van der Waals surface area contributed by atoms with Crippen LogP contribution in [0.4, 0.5) is 0 Å². The molecule has 3 heterocycles. The molecule has 3 atom stereocenters. The summed E-state index contributed by atoms with van der Waals surface area (Å²) in [5.74, 6) is 1.61. The molecule has 2 heteroatoms. The molecule has 0 spiro atoms. The van der Waals surface area contributed by atoms with Crippen molar-refractivity contribution in [1.82, 2.24) is 10.2 Å². The first-order valence-electron chi connectivity index (χ1n) is 8.38. The Labute approximate surface area is 122 Å². The van der Waals surface area contributed by atoms with Gasteiger partial charge in [-0.05, 0) is 69.1 Å². The van der Waals surface area contributed by atoms with E-state index in [0.29, 0.717) is 5.54 Å². The minimum atomic E-state index is 0.448. The smallest absolute Gasteiger partial charge is 0.0340 e. The first-order valence-corrected chi connectivity index (χ1v) is 8.38. The normalized spacial score (nSPS) is 38.0. The number of fused-ring (bicyclic) bond motifs is 4. The van der Waals surface area contributed by atoms with Crippen LogP contribution in [-0.2, 0) is 0 Å². The molecular weight excluding hydrogens is 244 g/mol. The van der Waals surface area contributed by atoms with Gasteiger partial charge in [0.15, 0.2) is 0 Å². The Morgan fingerprint density at radius 3 is 2.70 bits per heavy atom. The second-order valence-corrected chi connectivity index (χ2v) is 7.07. The van der Waals surface area contributed by atoms with Crippen LogP contribution in [0, 0.1) is 5.92 Å². The molecule has 20 heavy (non-hydrogen) atoms. The molecule has 2 bridgehead atoms. The van der Waals surface area contributed by atoms with Crippen LogP contribution in [-0.4, -0.2) is 36.6 Å². The Hall–Kier alpha value is -0.860. The van der Waals surface area contributed by atoms with Crippen LogP contribution in [0.3, 0.4) is 0 Å². The van der Waals surface area contributed by atoms with Gasteiger partial charge in [-0.3, -0.25) is 4.90 Å². The highest BCUT2D eigenvalue weighted by Gasteiger charge is 2.47. The van der Waals surface area contributed by atoms with Gasteiger partial charge in [0.25, 0.3) is 0 Å². The van der Waals surface area contributed by atoms with Crippen molar-refractivity contribution >= 4 is 0 Å². The maximum absolute atomic E-state index is 3.79. The average molecular weight is 270 g/mol. The number of rotatable bonds is 2. The number of benzene rings is 1. The first kappa shape index (κ1) is 12.8. The molecule has 3 saturated heterocycles. The summed E-state index contributed by atoms with van der Waals surface area (Å²) >= 11 is 0. The Balaban J connectivity index is 1.65. The fraction of sp³-hybridized carbons (Fsp3) is 0.667. The maximum atomic E-state index is 3.79. The Morgan fingerprint density at radius 2 is 1.90 bits per heavy atom. The highest BCUT2D eigenvalue weighted by Crippen LogP contribution is 2.47. The second-order valence-electron chi connectivity index (χ2n) is 7.07. The topological polar surface area (TPSA) is 15.3 Å². The summed E-state index contributed by atoms with van der Waals surface area (Å²) in [7, 11) is 0. The third-order valence-corrected chi connectivity index (χ3v) is 6.01. The quantitative estimate of drug-likeness (QED) is 0.888. The molecule has 2 nitrogen and oxygen atoms in total. The van der Waals surface area contributed by atoms with Gasteiger partial charge in [0, 0.05) is 12.1 Å². The molecule has 5 rings (SSSR count). The van der Waals surface area contributed by atoms with E-state index in [4.69, 9.17) is 0 Å².